The predicted octanol–water partition coefficient (Wildman–Crippen LogP) is 3.46. The van der Waals surface area contributed by atoms with Gasteiger partial charge >= 0.3 is 0 Å². The zero-order chi connectivity index (χ0) is 21.0. The summed E-state index contributed by atoms with van der Waals surface area (Å²) in [4.78, 5) is 15.0. The Balaban J connectivity index is 2.00. The van der Waals surface area contributed by atoms with Crippen molar-refractivity contribution < 1.29 is 17.9 Å². The van der Waals surface area contributed by atoms with Gasteiger partial charge in [0.25, 0.3) is 10.0 Å². The molecule has 6 nitrogen and oxygen atoms in total. The van der Waals surface area contributed by atoms with Gasteiger partial charge in [0.2, 0.25) is 5.91 Å². The molecule has 1 atom stereocenters. The molecular weight excluding hydrogens is 388 g/mol. The van der Waals surface area contributed by atoms with Crippen LogP contribution in [-0.4, -0.2) is 46.0 Å². The molecule has 1 heterocycles. The third kappa shape index (κ3) is 4.72. The van der Waals surface area contributed by atoms with Crippen LogP contribution in [0, 0.1) is 12.8 Å². The molecule has 1 amide bonds. The molecule has 1 fully saturated rings. The van der Waals surface area contributed by atoms with Gasteiger partial charge in [0.1, 0.15) is 12.3 Å². The molecule has 1 aliphatic rings. The predicted molar refractivity (Wildman–Crippen MR) is 114 cm³/mol. The first-order valence-corrected chi connectivity index (χ1v) is 11.3. The molecule has 1 saturated heterocycles. The maximum absolute atomic E-state index is 13.5. The molecule has 0 aliphatic carbocycles. The van der Waals surface area contributed by atoms with Crippen LogP contribution < -0.4 is 9.04 Å². The summed E-state index contributed by atoms with van der Waals surface area (Å²) in [5.74, 6) is 0.627. The van der Waals surface area contributed by atoms with Gasteiger partial charge in [-0.15, -0.1) is 0 Å². The average Bonchev–Trinajstić information content (AvgIpc) is 2.72. The molecule has 2 aromatic carbocycles. The minimum atomic E-state index is -3.94. The van der Waals surface area contributed by atoms with Crippen molar-refractivity contribution in [2.24, 2.45) is 5.92 Å². The Kier molecular flexibility index (Phi) is 6.47. The van der Waals surface area contributed by atoms with Crippen LogP contribution in [0.15, 0.2) is 53.4 Å². The lowest BCUT2D eigenvalue weighted by Crippen LogP contribution is -2.46. The molecule has 0 spiro atoms. The Hall–Kier alpha value is -2.54. The van der Waals surface area contributed by atoms with Crippen LogP contribution in [0.1, 0.15) is 25.3 Å². The molecule has 3 rings (SSSR count). The van der Waals surface area contributed by atoms with E-state index in [4.69, 9.17) is 4.74 Å². The van der Waals surface area contributed by atoms with Gasteiger partial charge < -0.3 is 9.64 Å². The number of carbonyl (C=O) groups excluding carboxylic acids is 1. The fourth-order valence-corrected chi connectivity index (χ4v) is 5.04. The van der Waals surface area contributed by atoms with Crippen LogP contribution >= 0.6 is 0 Å². The smallest absolute Gasteiger partial charge is 0.264 e. The monoisotopic (exact) mass is 416 g/mol. The number of nitrogens with zero attached hydrogens (tertiary/aromatic N) is 2. The summed E-state index contributed by atoms with van der Waals surface area (Å²) >= 11 is 0. The Morgan fingerprint density at radius 1 is 1.17 bits per heavy atom. The van der Waals surface area contributed by atoms with Crippen molar-refractivity contribution in [3.8, 4) is 5.75 Å². The van der Waals surface area contributed by atoms with Crippen LogP contribution in [0.2, 0.25) is 0 Å². The topological polar surface area (TPSA) is 66.9 Å². The number of hydrogen-bond donors (Lipinski definition) is 0. The lowest BCUT2D eigenvalue weighted by molar-refractivity contribution is -0.131. The molecule has 0 unspecified atom stereocenters. The third-order valence-electron chi connectivity index (χ3n) is 5.25. The standard InChI is InChI=1S/C22H28N2O4S/c1-17-10-12-19(13-11-17)29(26,27)24(20-8-4-5-9-21(20)28-3)16-22(25)23-14-6-7-18(2)15-23/h4-5,8-13,18H,6-7,14-16H2,1-3H3/t18-/m0/s1. The quantitative estimate of drug-likeness (QED) is 0.723. The minimum Gasteiger partial charge on any atom is -0.495 e. The first kappa shape index (κ1) is 21.2. The van der Waals surface area contributed by atoms with E-state index in [1.165, 1.54) is 7.11 Å². The van der Waals surface area contributed by atoms with Crippen molar-refractivity contribution >= 4 is 21.6 Å². The summed E-state index contributed by atoms with van der Waals surface area (Å²) in [6.45, 7) is 5.07. The Labute approximate surface area is 173 Å². The zero-order valence-corrected chi connectivity index (χ0v) is 18.0. The number of piperidine rings is 1. The van der Waals surface area contributed by atoms with E-state index in [-0.39, 0.29) is 17.3 Å². The van der Waals surface area contributed by atoms with Crippen LogP contribution in [0.4, 0.5) is 5.69 Å². The number of likely N-dealkylation sites (tertiary alicyclic amines) is 1. The van der Waals surface area contributed by atoms with Gasteiger partial charge in [-0.05, 0) is 49.9 Å². The van der Waals surface area contributed by atoms with Crippen molar-refractivity contribution in [2.75, 3.05) is 31.0 Å². The van der Waals surface area contributed by atoms with Crippen LogP contribution in [-0.2, 0) is 14.8 Å². The van der Waals surface area contributed by atoms with Crippen molar-refractivity contribution in [3.63, 3.8) is 0 Å². The van der Waals surface area contributed by atoms with E-state index in [1.807, 2.05) is 6.92 Å². The van der Waals surface area contributed by atoms with Gasteiger partial charge in [-0.25, -0.2) is 8.42 Å². The molecule has 7 heteroatoms. The van der Waals surface area contributed by atoms with Crippen molar-refractivity contribution in [2.45, 2.75) is 31.6 Å². The van der Waals surface area contributed by atoms with Gasteiger partial charge in [0.05, 0.1) is 17.7 Å². The Bertz CT molecular complexity index is 957. The maximum Gasteiger partial charge on any atom is 0.264 e. The highest BCUT2D eigenvalue weighted by Crippen LogP contribution is 2.32. The van der Waals surface area contributed by atoms with E-state index in [2.05, 4.69) is 6.92 Å². The van der Waals surface area contributed by atoms with Crippen LogP contribution in [0.25, 0.3) is 0 Å². The number of rotatable bonds is 6. The number of benzene rings is 2. The first-order chi connectivity index (χ1) is 13.8. The van der Waals surface area contributed by atoms with E-state index in [1.54, 1.807) is 53.4 Å². The second kappa shape index (κ2) is 8.86. The number of anilines is 1. The lowest BCUT2D eigenvalue weighted by Gasteiger charge is -2.33. The van der Waals surface area contributed by atoms with E-state index < -0.39 is 10.0 Å². The molecule has 2 aromatic rings. The number of aryl methyl sites for hydroxylation is 1. The molecular formula is C22H28N2O4S. The summed E-state index contributed by atoms with van der Waals surface area (Å²) in [6.07, 6.45) is 2.02. The third-order valence-corrected chi connectivity index (χ3v) is 7.03. The normalized spacial score (nSPS) is 17.1. The van der Waals surface area contributed by atoms with Crippen LogP contribution in [0.5, 0.6) is 5.75 Å². The van der Waals surface area contributed by atoms with Gasteiger partial charge in [-0.2, -0.15) is 0 Å². The number of para-hydroxylation sites is 2. The minimum absolute atomic E-state index is 0.147. The summed E-state index contributed by atoms with van der Waals surface area (Å²) in [6, 6.07) is 13.5. The average molecular weight is 417 g/mol. The molecule has 0 N–H and O–H groups in total. The highest BCUT2D eigenvalue weighted by molar-refractivity contribution is 7.92. The van der Waals surface area contributed by atoms with Crippen molar-refractivity contribution in [1.29, 1.82) is 0 Å². The molecule has 1 aliphatic heterocycles. The molecule has 0 saturated carbocycles. The highest BCUT2D eigenvalue weighted by atomic mass is 32.2. The number of sulfonamides is 1. The summed E-state index contributed by atoms with van der Waals surface area (Å²) in [7, 11) is -2.46. The largest absolute Gasteiger partial charge is 0.495 e. The van der Waals surface area contributed by atoms with Crippen molar-refractivity contribution in [3.05, 3.63) is 54.1 Å². The molecule has 0 aromatic heterocycles. The molecule has 29 heavy (non-hydrogen) atoms. The number of methoxy groups -OCH3 is 1. The number of carbonyl (C=O) groups is 1. The zero-order valence-electron chi connectivity index (χ0n) is 17.2. The first-order valence-electron chi connectivity index (χ1n) is 9.83. The highest BCUT2D eigenvalue weighted by Gasteiger charge is 2.31. The van der Waals surface area contributed by atoms with Gasteiger partial charge in [-0.1, -0.05) is 36.8 Å². The molecule has 156 valence electrons. The van der Waals surface area contributed by atoms with Crippen LogP contribution in [0.3, 0.4) is 0 Å². The van der Waals surface area contributed by atoms with Gasteiger partial charge in [-0.3, -0.25) is 9.10 Å². The van der Waals surface area contributed by atoms with Crippen molar-refractivity contribution in [1.82, 2.24) is 4.90 Å². The van der Waals surface area contributed by atoms with E-state index in [9.17, 15) is 13.2 Å². The molecule has 0 radical (unpaired) electrons. The second-order valence-electron chi connectivity index (χ2n) is 7.58. The Morgan fingerprint density at radius 2 is 1.86 bits per heavy atom. The Morgan fingerprint density at radius 3 is 2.52 bits per heavy atom. The SMILES string of the molecule is COc1ccccc1N(CC(=O)N1CCC[C@H](C)C1)S(=O)(=O)c1ccc(C)cc1. The van der Waals surface area contributed by atoms with E-state index >= 15 is 0 Å². The summed E-state index contributed by atoms with van der Waals surface area (Å²) in [5.41, 5.74) is 1.32. The maximum atomic E-state index is 13.5. The second-order valence-corrected chi connectivity index (χ2v) is 9.45. The van der Waals surface area contributed by atoms with Gasteiger partial charge in [0, 0.05) is 13.1 Å². The number of hydrogen-bond acceptors (Lipinski definition) is 4. The van der Waals surface area contributed by atoms with E-state index in [0.29, 0.717) is 30.4 Å². The summed E-state index contributed by atoms with van der Waals surface area (Å²) < 4.78 is 33.5. The summed E-state index contributed by atoms with van der Waals surface area (Å²) in [5, 5.41) is 0. The lowest BCUT2D eigenvalue weighted by atomic mass is 10.0. The van der Waals surface area contributed by atoms with Gasteiger partial charge in [0.15, 0.2) is 0 Å². The van der Waals surface area contributed by atoms with E-state index in [0.717, 1.165) is 22.7 Å². The number of ether oxygens (including phenoxy) is 1. The fraction of sp³-hybridized carbons (Fsp3) is 0.409. The fourth-order valence-electron chi connectivity index (χ4n) is 3.61. The molecule has 0 bridgehead atoms. The number of amides is 1.